The Morgan fingerprint density at radius 1 is 0.939 bits per heavy atom. The minimum absolute atomic E-state index is 0.00894. The van der Waals surface area contributed by atoms with Gasteiger partial charge in [0, 0.05) is 24.9 Å². The first kappa shape index (κ1) is 24.3. The SMILES string of the molecule is C[C@@H](c1ccc(-c2cncc(F)c2)cc1)N(CC[C@H](CCCO)c1ccc(F)cc1)C(=O)O. The number of aliphatic hydroxyl groups is 1. The Bertz CT molecular complexity index is 1040. The minimum Gasteiger partial charge on any atom is -0.465 e. The summed E-state index contributed by atoms with van der Waals surface area (Å²) in [5.74, 6) is -0.730. The Kier molecular flexibility index (Phi) is 8.49. The number of carboxylic acid groups (broad SMARTS) is 1. The molecule has 0 saturated heterocycles. The van der Waals surface area contributed by atoms with E-state index in [-0.39, 0.29) is 18.3 Å². The molecule has 0 bridgehead atoms. The number of aromatic nitrogens is 1. The van der Waals surface area contributed by atoms with Crippen LogP contribution in [0.25, 0.3) is 11.1 Å². The van der Waals surface area contributed by atoms with Crippen LogP contribution in [0.1, 0.15) is 49.3 Å². The molecule has 2 aromatic carbocycles. The Morgan fingerprint density at radius 3 is 2.21 bits per heavy atom. The van der Waals surface area contributed by atoms with Gasteiger partial charge in [0.2, 0.25) is 0 Å². The summed E-state index contributed by atoms with van der Waals surface area (Å²) in [6.45, 7) is 2.16. The second kappa shape index (κ2) is 11.5. The Balaban J connectivity index is 1.73. The molecule has 174 valence electrons. The van der Waals surface area contributed by atoms with E-state index in [4.69, 9.17) is 0 Å². The molecular formula is C26H28F2N2O3. The highest BCUT2D eigenvalue weighted by Crippen LogP contribution is 2.29. The van der Waals surface area contributed by atoms with Gasteiger partial charge in [0.1, 0.15) is 11.6 Å². The van der Waals surface area contributed by atoms with Gasteiger partial charge >= 0.3 is 6.09 Å². The molecule has 0 fully saturated rings. The molecule has 3 aromatic rings. The number of amides is 1. The standard InChI is InChI=1S/C26H28F2N2O3/c1-18(19-4-6-22(7-5-19)23-15-25(28)17-29-16-23)30(26(32)33)13-12-20(3-2-14-31)21-8-10-24(27)11-9-21/h4-11,15-18,20,31H,2-3,12-14H2,1H3,(H,32,33)/t18-,20-/m0/s1. The summed E-state index contributed by atoms with van der Waals surface area (Å²) in [5, 5.41) is 19.1. The number of halogens is 2. The predicted molar refractivity (Wildman–Crippen MR) is 123 cm³/mol. The first-order chi connectivity index (χ1) is 15.9. The van der Waals surface area contributed by atoms with Crippen molar-refractivity contribution in [2.24, 2.45) is 0 Å². The van der Waals surface area contributed by atoms with E-state index in [2.05, 4.69) is 4.98 Å². The molecule has 0 aliphatic carbocycles. The number of nitrogens with zero attached hydrogens (tertiary/aromatic N) is 2. The second-order valence-corrected chi connectivity index (χ2v) is 8.07. The van der Waals surface area contributed by atoms with Crippen LogP contribution in [0.2, 0.25) is 0 Å². The van der Waals surface area contributed by atoms with Gasteiger partial charge in [-0.1, -0.05) is 36.4 Å². The highest BCUT2D eigenvalue weighted by molar-refractivity contribution is 5.66. The molecule has 7 heteroatoms. The van der Waals surface area contributed by atoms with E-state index < -0.39 is 18.0 Å². The van der Waals surface area contributed by atoms with Crippen molar-refractivity contribution >= 4 is 6.09 Å². The quantitative estimate of drug-likeness (QED) is 0.393. The van der Waals surface area contributed by atoms with Gasteiger partial charge in [0.25, 0.3) is 0 Å². The van der Waals surface area contributed by atoms with Crippen LogP contribution < -0.4 is 0 Å². The lowest BCUT2D eigenvalue weighted by Gasteiger charge is -2.29. The molecule has 0 aliphatic rings. The fourth-order valence-electron chi connectivity index (χ4n) is 4.00. The average Bonchev–Trinajstić information content (AvgIpc) is 2.81. The van der Waals surface area contributed by atoms with E-state index in [0.29, 0.717) is 31.4 Å². The van der Waals surface area contributed by atoms with Crippen LogP contribution in [0.4, 0.5) is 13.6 Å². The van der Waals surface area contributed by atoms with E-state index in [0.717, 1.165) is 22.9 Å². The van der Waals surface area contributed by atoms with Crippen molar-refractivity contribution in [2.75, 3.05) is 13.2 Å². The monoisotopic (exact) mass is 454 g/mol. The lowest BCUT2D eigenvalue weighted by molar-refractivity contribution is 0.125. The van der Waals surface area contributed by atoms with Gasteiger partial charge in [-0.15, -0.1) is 0 Å². The molecule has 1 heterocycles. The summed E-state index contributed by atoms with van der Waals surface area (Å²) >= 11 is 0. The highest BCUT2D eigenvalue weighted by atomic mass is 19.1. The first-order valence-electron chi connectivity index (χ1n) is 11.0. The molecule has 1 amide bonds. The Hall–Kier alpha value is -3.32. The van der Waals surface area contributed by atoms with Crippen LogP contribution in [0.3, 0.4) is 0 Å². The predicted octanol–water partition coefficient (Wildman–Crippen LogP) is 6.01. The van der Waals surface area contributed by atoms with E-state index >= 15 is 0 Å². The smallest absolute Gasteiger partial charge is 0.407 e. The highest BCUT2D eigenvalue weighted by Gasteiger charge is 2.23. The molecule has 33 heavy (non-hydrogen) atoms. The maximum Gasteiger partial charge on any atom is 0.407 e. The van der Waals surface area contributed by atoms with E-state index in [1.165, 1.54) is 23.1 Å². The number of rotatable bonds is 10. The third kappa shape index (κ3) is 6.58. The van der Waals surface area contributed by atoms with E-state index in [9.17, 15) is 23.8 Å². The van der Waals surface area contributed by atoms with Gasteiger partial charge in [0.05, 0.1) is 12.2 Å². The zero-order chi connectivity index (χ0) is 23.8. The summed E-state index contributed by atoms with van der Waals surface area (Å²) in [4.78, 5) is 17.3. The molecule has 0 radical (unpaired) electrons. The topological polar surface area (TPSA) is 73.7 Å². The molecule has 1 aromatic heterocycles. The van der Waals surface area contributed by atoms with Gasteiger partial charge < -0.3 is 15.1 Å². The fourth-order valence-corrected chi connectivity index (χ4v) is 4.00. The molecule has 0 saturated carbocycles. The third-order valence-electron chi connectivity index (χ3n) is 5.92. The van der Waals surface area contributed by atoms with Crippen LogP contribution in [-0.4, -0.2) is 39.3 Å². The minimum atomic E-state index is -1.03. The molecular weight excluding hydrogens is 426 g/mol. The summed E-state index contributed by atoms with van der Waals surface area (Å²) in [6, 6.07) is 14.6. The molecule has 0 unspecified atom stereocenters. The lowest BCUT2D eigenvalue weighted by Crippen LogP contribution is -2.34. The van der Waals surface area contributed by atoms with Crippen molar-refractivity contribution < 1.29 is 23.8 Å². The first-order valence-corrected chi connectivity index (χ1v) is 11.0. The van der Waals surface area contributed by atoms with Gasteiger partial charge in [-0.3, -0.25) is 4.98 Å². The van der Waals surface area contributed by atoms with E-state index in [1.54, 1.807) is 18.3 Å². The Labute approximate surface area is 192 Å². The van der Waals surface area contributed by atoms with Gasteiger partial charge in [-0.2, -0.15) is 0 Å². The average molecular weight is 455 g/mol. The number of hydrogen-bond donors (Lipinski definition) is 2. The van der Waals surface area contributed by atoms with Crippen LogP contribution >= 0.6 is 0 Å². The van der Waals surface area contributed by atoms with Gasteiger partial charge in [-0.05, 0) is 67.0 Å². The second-order valence-electron chi connectivity index (χ2n) is 8.07. The fraction of sp³-hybridized carbons (Fsp3) is 0.308. The maximum atomic E-state index is 13.5. The molecule has 0 spiro atoms. The summed E-state index contributed by atoms with van der Waals surface area (Å²) in [6.07, 6.45) is 3.51. The largest absolute Gasteiger partial charge is 0.465 e. The van der Waals surface area contributed by atoms with Crippen molar-refractivity contribution in [3.05, 3.63) is 89.8 Å². The zero-order valence-electron chi connectivity index (χ0n) is 18.5. The molecule has 0 aliphatic heterocycles. The van der Waals surface area contributed by atoms with Crippen LogP contribution in [0.5, 0.6) is 0 Å². The van der Waals surface area contributed by atoms with Crippen LogP contribution in [-0.2, 0) is 0 Å². The maximum absolute atomic E-state index is 13.5. The van der Waals surface area contributed by atoms with Gasteiger partial charge in [-0.25, -0.2) is 13.6 Å². The normalized spacial score (nSPS) is 12.8. The van der Waals surface area contributed by atoms with Crippen molar-refractivity contribution in [1.29, 1.82) is 0 Å². The zero-order valence-corrected chi connectivity index (χ0v) is 18.5. The summed E-state index contributed by atoms with van der Waals surface area (Å²) < 4.78 is 26.8. The molecule has 2 atom stereocenters. The summed E-state index contributed by atoms with van der Waals surface area (Å²) in [5.41, 5.74) is 3.19. The van der Waals surface area contributed by atoms with Crippen molar-refractivity contribution in [1.82, 2.24) is 9.88 Å². The third-order valence-corrected chi connectivity index (χ3v) is 5.92. The number of aliphatic hydroxyl groups excluding tert-OH is 1. The van der Waals surface area contributed by atoms with Gasteiger partial charge in [0.15, 0.2) is 0 Å². The number of hydrogen-bond acceptors (Lipinski definition) is 3. The van der Waals surface area contributed by atoms with Crippen molar-refractivity contribution in [2.45, 2.75) is 38.1 Å². The summed E-state index contributed by atoms with van der Waals surface area (Å²) in [7, 11) is 0. The number of benzene rings is 2. The molecule has 5 nitrogen and oxygen atoms in total. The van der Waals surface area contributed by atoms with Crippen LogP contribution in [0.15, 0.2) is 67.0 Å². The number of pyridine rings is 1. The van der Waals surface area contributed by atoms with Crippen molar-refractivity contribution in [3.63, 3.8) is 0 Å². The number of carbonyl (C=O) groups is 1. The van der Waals surface area contributed by atoms with E-state index in [1.807, 2.05) is 31.2 Å². The molecule has 2 N–H and O–H groups in total. The molecule has 3 rings (SSSR count). The van der Waals surface area contributed by atoms with Crippen LogP contribution in [0, 0.1) is 11.6 Å². The Morgan fingerprint density at radius 2 is 1.61 bits per heavy atom. The lowest BCUT2D eigenvalue weighted by atomic mass is 9.90. The van der Waals surface area contributed by atoms with Crippen molar-refractivity contribution in [3.8, 4) is 11.1 Å².